The van der Waals surface area contributed by atoms with Gasteiger partial charge in [0.25, 0.3) is 5.91 Å². The number of hydrogen-bond acceptors (Lipinski definition) is 6. The molecule has 0 aliphatic rings. The van der Waals surface area contributed by atoms with E-state index in [1.807, 2.05) is 0 Å². The first kappa shape index (κ1) is 19.5. The molecule has 144 valence electrons. The fourth-order valence-electron chi connectivity index (χ4n) is 2.26. The van der Waals surface area contributed by atoms with Gasteiger partial charge in [0.1, 0.15) is 28.9 Å². The van der Waals surface area contributed by atoms with E-state index in [2.05, 4.69) is 10.3 Å². The summed E-state index contributed by atoms with van der Waals surface area (Å²) in [5.41, 5.74) is 1.21. The minimum Gasteiger partial charge on any atom is -0.486 e. The summed E-state index contributed by atoms with van der Waals surface area (Å²) in [6.07, 6.45) is 0. The minimum absolute atomic E-state index is 0.178. The van der Waals surface area contributed by atoms with Gasteiger partial charge in [0.05, 0.1) is 12.2 Å². The van der Waals surface area contributed by atoms with Gasteiger partial charge in [-0.1, -0.05) is 0 Å². The third kappa shape index (κ3) is 5.14. The van der Waals surface area contributed by atoms with Gasteiger partial charge in [-0.3, -0.25) is 4.79 Å². The second kappa shape index (κ2) is 9.09. The first-order chi connectivity index (χ1) is 13.5. The molecule has 3 aromatic rings. The summed E-state index contributed by atoms with van der Waals surface area (Å²) in [6.45, 7) is 2.21. The van der Waals surface area contributed by atoms with E-state index < -0.39 is 5.97 Å². The smallest absolute Gasteiger partial charge is 0.338 e. The summed E-state index contributed by atoms with van der Waals surface area (Å²) in [7, 11) is 0. The van der Waals surface area contributed by atoms with Crippen LogP contribution in [0.3, 0.4) is 0 Å². The normalized spacial score (nSPS) is 10.4. The number of rotatable bonds is 7. The second-order valence-corrected chi connectivity index (χ2v) is 6.56. The zero-order chi connectivity index (χ0) is 19.9. The van der Waals surface area contributed by atoms with Crippen LogP contribution in [0.5, 0.6) is 5.75 Å². The van der Waals surface area contributed by atoms with Gasteiger partial charge in [-0.25, -0.2) is 14.2 Å². The van der Waals surface area contributed by atoms with Gasteiger partial charge in [-0.2, -0.15) is 0 Å². The summed E-state index contributed by atoms with van der Waals surface area (Å²) >= 11 is 1.29. The van der Waals surface area contributed by atoms with Gasteiger partial charge in [-0.15, -0.1) is 11.3 Å². The molecule has 0 bridgehead atoms. The van der Waals surface area contributed by atoms with E-state index in [4.69, 9.17) is 9.47 Å². The molecule has 1 aromatic heterocycles. The van der Waals surface area contributed by atoms with Crippen molar-refractivity contribution in [2.75, 3.05) is 11.9 Å². The van der Waals surface area contributed by atoms with Crippen molar-refractivity contribution in [3.05, 3.63) is 76.0 Å². The van der Waals surface area contributed by atoms with Crippen LogP contribution in [-0.4, -0.2) is 23.5 Å². The van der Waals surface area contributed by atoms with Gasteiger partial charge < -0.3 is 14.8 Å². The Hall–Kier alpha value is -3.26. The van der Waals surface area contributed by atoms with Crippen LogP contribution in [0.2, 0.25) is 0 Å². The maximum Gasteiger partial charge on any atom is 0.338 e. The van der Waals surface area contributed by atoms with Crippen LogP contribution >= 0.6 is 11.3 Å². The average Bonchev–Trinajstić information content (AvgIpc) is 3.17. The Bertz CT molecular complexity index is 955. The number of nitrogens with one attached hydrogen (secondary N) is 1. The molecule has 8 heteroatoms. The Morgan fingerprint density at radius 3 is 2.50 bits per heavy atom. The van der Waals surface area contributed by atoms with Gasteiger partial charge in [0.15, 0.2) is 0 Å². The highest BCUT2D eigenvalue weighted by Crippen LogP contribution is 2.17. The first-order valence-corrected chi connectivity index (χ1v) is 9.34. The highest BCUT2D eigenvalue weighted by molar-refractivity contribution is 7.09. The van der Waals surface area contributed by atoms with Gasteiger partial charge >= 0.3 is 5.97 Å². The van der Waals surface area contributed by atoms with E-state index in [1.54, 1.807) is 36.6 Å². The molecular formula is C20H17FN2O4S. The Morgan fingerprint density at radius 1 is 1.11 bits per heavy atom. The van der Waals surface area contributed by atoms with Crippen LogP contribution in [0.1, 0.15) is 32.8 Å². The SMILES string of the molecule is CCOC(=O)c1ccc(NC(=O)c2csc(COc3ccc(F)cc3)n2)cc1. The van der Waals surface area contributed by atoms with Crippen molar-refractivity contribution in [1.29, 1.82) is 0 Å². The predicted octanol–water partition coefficient (Wildman–Crippen LogP) is 4.29. The second-order valence-electron chi connectivity index (χ2n) is 5.62. The van der Waals surface area contributed by atoms with E-state index in [9.17, 15) is 14.0 Å². The summed E-state index contributed by atoms with van der Waals surface area (Å²) in [4.78, 5) is 28.2. The zero-order valence-corrected chi connectivity index (χ0v) is 15.8. The summed E-state index contributed by atoms with van der Waals surface area (Å²) in [5, 5.41) is 4.97. The number of benzene rings is 2. The van der Waals surface area contributed by atoms with E-state index in [1.165, 1.54) is 35.6 Å². The van der Waals surface area contributed by atoms with Crippen molar-refractivity contribution in [2.45, 2.75) is 13.5 Å². The molecule has 0 unspecified atom stereocenters. The van der Waals surface area contributed by atoms with Crippen LogP contribution in [0.15, 0.2) is 53.9 Å². The maximum atomic E-state index is 12.9. The molecule has 3 rings (SSSR count). The van der Waals surface area contributed by atoms with E-state index >= 15 is 0 Å². The van der Waals surface area contributed by atoms with Crippen molar-refractivity contribution in [2.24, 2.45) is 0 Å². The topological polar surface area (TPSA) is 77.5 Å². The molecule has 6 nitrogen and oxygen atoms in total. The molecule has 0 radical (unpaired) electrons. The lowest BCUT2D eigenvalue weighted by Crippen LogP contribution is -2.13. The number of carbonyl (C=O) groups is 2. The van der Waals surface area contributed by atoms with Crippen LogP contribution in [-0.2, 0) is 11.3 Å². The number of anilines is 1. The Balaban J connectivity index is 1.56. The standard InChI is InChI=1S/C20H17FN2O4S/c1-2-26-20(25)13-3-7-15(8-4-13)22-19(24)17-12-28-18(23-17)11-27-16-9-5-14(21)6-10-16/h3-10,12H,2,11H2,1H3,(H,22,24). The summed E-state index contributed by atoms with van der Waals surface area (Å²) < 4.78 is 23.3. The molecule has 1 heterocycles. The number of thiazole rings is 1. The number of halogens is 1. The molecule has 1 N–H and O–H groups in total. The molecule has 0 spiro atoms. The lowest BCUT2D eigenvalue weighted by Gasteiger charge is -2.05. The zero-order valence-electron chi connectivity index (χ0n) is 15.0. The molecule has 2 aromatic carbocycles. The van der Waals surface area contributed by atoms with Crippen LogP contribution in [0.25, 0.3) is 0 Å². The summed E-state index contributed by atoms with van der Waals surface area (Å²) in [6, 6.07) is 12.1. The molecule has 0 atom stereocenters. The monoisotopic (exact) mass is 400 g/mol. The molecule has 28 heavy (non-hydrogen) atoms. The number of aromatic nitrogens is 1. The Kier molecular flexibility index (Phi) is 6.33. The van der Waals surface area contributed by atoms with Crippen molar-refractivity contribution in [3.63, 3.8) is 0 Å². The van der Waals surface area contributed by atoms with Gasteiger partial charge in [0.2, 0.25) is 0 Å². The lowest BCUT2D eigenvalue weighted by atomic mass is 10.2. The molecular weight excluding hydrogens is 383 g/mol. The lowest BCUT2D eigenvalue weighted by molar-refractivity contribution is 0.0526. The molecule has 0 aliphatic carbocycles. The van der Waals surface area contributed by atoms with E-state index in [0.717, 1.165) is 0 Å². The predicted molar refractivity (Wildman–Crippen MR) is 103 cm³/mol. The molecule has 0 saturated heterocycles. The van der Waals surface area contributed by atoms with Crippen molar-refractivity contribution in [1.82, 2.24) is 4.98 Å². The minimum atomic E-state index is -0.411. The highest BCUT2D eigenvalue weighted by Gasteiger charge is 2.12. The van der Waals surface area contributed by atoms with Crippen molar-refractivity contribution in [3.8, 4) is 5.75 Å². The quantitative estimate of drug-likeness (QED) is 0.599. The van der Waals surface area contributed by atoms with Crippen molar-refractivity contribution < 1.29 is 23.5 Å². The first-order valence-electron chi connectivity index (χ1n) is 8.46. The fourth-order valence-corrected chi connectivity index (χ4v) is 2.94. The number of amides is 1. The fraction of sp³-hybridized carbons (Fsp3) is 0.150. The largest absolute Gasteiger partial charge is 0.486 e. The third-order valence-corrected chi connectivity index (χ3v) is 4.44. The van der Waals surface area contributed by atoms with Crippen molar-refractivity contribution >= 4 is 28.9 Å². The maximum absolute atomic E-state index is 12.9. The average molecular weight is 400 g/mol. The molecule has 0 saturated carbocycles. The third-order valence-electron chi connectivity index (χ3n) is 3.61. The Labute approximate surface area is 164 Å². The highest BCUT2D eigenvalue weighted by atomic mass is 32.1. The number of nitrogens with zero attached hydrogens (tertiary/aromatic N) is 1. The Morgan fingerprint density at radius 2 is 1.82 bits per heavy atom. The molecule has 0 aliphatic heterocycles. The van der Waals surface area contributed by atoms with Gasteiger partial charge in [0, 0.05) is 11.1 Å². The van der Waals surface area contributed by atoms with Crippen LogP contribution < -0.4 is 10.1 Å². The van der Waals surface area contributed by atoms with Crippen LogP contribution in [0.4, 0.5) is 10.1 Å². The molecule has 0 fully saturated rings. The van der Waals surface area contributed by atoms with E-state index in [0.29, 0.717) is 28.6 Å². The summed E-state index contributed by atoms with van der Waals surface area (Å²) in [5.74, 6) is -0.598. The number of hydrogen-bond donors (Lipinski definition) is 1. The van der Waals surface area contributed by atoms with Gasteiger partial charge in [-0.05, 0) is 55.5 Å². The van der Waals surface area contributed by atoms with Crippen LogP contribution in [0, 0.1) is 5.82 Å². The molecule has 1 amide bonds. The number of esters is 1. The van der Waals surface area contributed by atoms with E-state index in [-0.39, 0.29) is 24.0 Å². The number of carbonyl (C=O) groups excluding carboxylic acids is 2. The number of ether oxygens (including phenoxy) is 2.